The Labute approximate surface area is 92.0 Å². The van der Waals surface area contributed by atoms with E-state index in [0.29, 0.717) is 4.47 Å². The Hall–Kier alpha value is -1.37. The summed E-state index contributed by atoms with van der Waals surface area (Å²) in [5.41, 5.74) is 0.162. The highest BCUT2D eigenvalue weighted by molar-refractivity contribution is 9.10. The number of nitrogens with zero attached hydrogens (tertiary/aromatic N) is 4. The van der Waals surface area contributed by atoms with Crippen molar-refractivity contribution in [3.63, 3.8) is 0 Å². The van der Waals surface area contributed by atoms with Crippen molar-refractivity contribution in [2.75, 3.05) is 0 Å². The maximum absolute atomic E-state index is 12.7. The molecule has 0 aliphatic rings. The van der Waals surface area contributed by atoms with Crippen LogP contribution in [-0.4, -0.2) is 20.2 Å². The van der Waals surface area contributed by atoms with Crippen LogP contribution < -0.4 is 0 Å². The number of hydrogen-bond donors (Lipinski definition) is 0. The highest BCUT2D eigenvalue weighted by Gasteiger charge is 2.15. The summed E-state index contributed by atoms with van der Waals surface area (Å²) in [4.78, 5) is 0. The van der Waals surface area contributed by atoms with Gasteiger partial charge in [-0.15, -0.1) is 5.10 Å². The fourth-order valence-electron chi connectivity index (χ4n) is 1.17. The maximum atomic E-state index is 12.7. The molecule has 0 aliphatic carbocycles. The van der Waals surface area contributed by atoms with Crippen molar-refractivity contribution < 1.29 is 8.78 Å². The molecule has 0 N–H and O–H groups in total. The van der Waals surface area contributed by atoms with Crippen molar-refractivity contribution in [1.82, 2.24) is 20.2 Å². The lowest BCUT2D eigenvalue weighted by Crippen LogP contribution is -2.01. The molecule has 0 atom stereocenters. The number of rotatable bonds is 2. The van der Waals surface area contributed by atoms with E-state index in [1.54, 1.807) is 6.07 Å². The van der Waals surface area contributed by atoms with Crippen LogP contribution in [0.5, 0.6) is 0 Å². The molecule has 0 fully saturated rings. The molecule has 1 aromatic carbocycles. The van der Waals surface area contributed by atoms with Crippen LogP contribution >= 0.6 is 15.9 Å². The molecule has 0 bridgehead atoms. The standard InChI is InChI=1S/C8H5BrF2N4/c9-5-1-2-6(8(10)11)7(3-5)15-4-12-13-14-15/h1-4,8H. The summed E-state index contributed by atoms with van der Waals surface area (Å²) in [5.74, 6) is 0. The topological polar surface area (TPSA) is 43.6 Å². The third kappa shape index (κ3) is 2.01. The first-order valence-corrected chi connectivity index (χ1v) is 4.79. The molecule has 7 heteroatoms. The fraction of sp³-hybridized carbons (Fsp3) is 0.125. The molecule has 4 nitrogen and oxygen atoms in total. The Balaban J connectivity index is 2.58. The second kappa shape index (κ2) is 4.01. The molecule has 15 heavy (non-hydrogen) atoms. The number of halogens is 3. The zero-order valence-electron chi connectivity index (χ0n) is 7.31. The predicted molar refractivity (Wildman–Crippen MR) is 51.8 cm³/mol. The van der Waals surface area contributed by atoms with Gasteiger partial charge >= 0.3 is 0 Å². The molecule has 78 valence electrons. The Morgan fingerprint density at radius 1 is 1.33 bits per heavy atom. The molecular weight excluding hydrogens is 270 g/mol. The lowest BCUT2D eigenvalue weighted by Gasteiger charge is -2.07. The van der Waals surface area contributed by atoms with Gasteiger partial charge in [-0.05, 0) is 22.6 Å². The number of aromatic nitrogens is 4. The first kappa shape index (κ1) is 10.2. The van der Waals surface area contributed by atoms with Gasteiger partial charge in [0.15, 0.2) is 0 Å². The molecule has 0 aliphatic heterocycles. The van der Waals surface area contributed by atoms with Crippen LogP contribution in [0.25, 0.3) is 5.69 Å². The van der Waals surface area contributed by atoms with Gasteiger partial charge in [-0.3, -0.25) is 0 Å². The normalized spacial score (nSPS) is 10.9. The average molecular weight is 275 g/mol. The molecule has 0 radical (unpaired) electrons. The summed E-state index contributed by atoms with van der Waals surface area (Å²) in [5, 5.41) is 10.4. The van der Waals surface area contributed by atoms with Gasteiger partial charge in [0.1, 0.15) is 6.33 Å². The van der Waals surface area contributed by atoms with Crippen LogP contribution in [0.1, 0.15) is 12.0 Å². The van der Waals surface area contributed by atoms with E-state index in [1.165, 1.54) is 23.1 Å². The summed E-state index contributed by atoms with van der Waals surface area (Å²) >= 11 is 3.20. The lowest BCUT2D eigenvalue weighted by molar-refractivity contribution is 0.151. The van der Waals surface area contributed by atoms with Gasteiger partial charge in [-0.1, -0.05) is 22.0 Å². The van der Waals surface area contributed by atoms with Crippen LogP contribution in [0.2, 0.25) is 0 Å². The average Bonchev–Trinajstić information content (AvgIpc) is 2.69. The van der Waals surface area contributed by atoms with Gasteiger partial charge in [-0.25, -0.2) is 13.5 Å². The minimum Gasteiger partial charge on any atom is -0.205 e. The predicted octanol–water partition coefficient (Wildman–Crippen LogP) is 2.36. The minimum absolute atomic E-state index is 0.106. The highest BCUT2D eigenvalue weighted by atomic mass is 79.9. The van der Waals surface area contributed by atoms with Crippen LogP contribution in [-0.2, 0) is 0 Å². The number of hydrogen-bond acceptors (Lipinski definition) is 3. The molecule has 0 spiro atoms. The van der Waals surface area contributed by atoms with Crippen molar-refractivity contribution in [2.45, 2.75) is 6.43 Å². The van der Waals surface area contributed by atoms with Gasteiger partial charge in [0.2, 0.25) is 0 Å². The second-order valence-electron chi connectivity index (χ2n) is 2.76. The van der Waals surface area contributed by atoms with Gasteiger partial charge < -0.3 is 0 Å². The first-order valence-electron chi connectivity index (χ1n) is 3.99. The quantitative estimate of drug-likeness (QED) is 0.845. The number of tetrazole rings is 1. The Kier molecular flexibility index (Phi) is 2.72. The van der Waals surface area contributed by atoms with Crippen molar-refractivity contribution >= 4 is 15.9 Å². The summed E-state index contributed by atoms with van der Waals surface area (Å²) in [7, 11) is 0. The SMILES string of the molecule is FC(F)c1ccc(Br)cc1-n1cnnn1. The number of benzene rings is 1. The van der Waals surface area contributed by atoms with Crippen molar-refractivity contribution in [2.24, 2.45) is 0 Å². The summed E-state index contributed by atoms with van der Waals surface area (Å²) < 4.78 is 27.2. The Morgan fingerprint density at radius 3 is 2.73 bits per heavy atom. The maximum Gasteiger partial charge on any atom is 0.265 e. The first-order chi connectivity index (χ1) is 7.18. The van der Waals surface area contributed by atoms with E-state index in [9.17, 15) is 8.78 Å². The Bertz CT molecular complexity index is 458. The summed E-state index contributed by atoms with van der Waals surface area (Å²) in [6, 6.07) is 4.43. The molecule has 1 heterocycles. The van der Waals surface area contributed by atoms with E-state index in [-0.39, 0.29) is 11.3 Å². The van der Waals surface area contributed by atoms with E-state index >= 15 is 0 Å². The van der Waals surface area contributed by atoms with E-state index in [0.717, 1.165) is 0 Å². The monoisotopic (exact) mass is 274 g/mol. The second-order valence-corrected chi connectivity index (χ2v) is 3.67. The van der Waals surface area contributed by atoms with E-state index in [1.807, 2.05) is 0 Å². The smallest absolute Gasteiger partial charge is 0.205 e. The molecule has 0 unspecified atom stereocenters. The third-order valence-corrected chi connectivity index (χ3v) is 2.32. The lowest BCUT2D eigenvalue weighted by atomic mass is 10.2. The van der Waals surface area contributed by atoms with Gasteiger partial charge in [-0.2, -0.15) is 0 Å². The zero-order chi connectivity index (χ0) is 10.8. The third-order valence-electron chi connectivity index (χ3n) is 1.82. The van der Waals surface area contributed by atoms with E-state index in [2.05, 4.69) is 31.5 Å². The van der Waals surface area contributed by atoms with E-state index < -0.39 is 6.43 Å². The van der Waals surface area contributed by atoms with Gasteiger partial charge in [0.25, 0.3) is 6.43 Å². The summed E-state index contributed by atoms with van der Waals surface area (Å²) in [6.07, 6.45) is -1.29. The van der Waals surface area contributed by atoms with Crippen molar-refractivity contribution in [3.8, 4) is 5.69 Å². The van der Waals surface area contributed by atoms with Crippen LogP contribution in [0.4, 0.5) is 8.78 Å². The van der Waals surface area contributed by atoms with Crippen LogP contribution in [0.3, 0.4) is 0 Å². The zero-order valence-corrected chi connectivity index (χ0v) is 8.90. The van der Waals surface area contributed by atoms with Gasteiger partial charge in [0.05, 0.1) is 5.69 Å². The van der Waals surface area contributed by atoms with Crippen molar-refractivity contribution in [3.05, 3.63) is 34.6 Å². The molecular formula is C8H5BrF2N4. The highest BCUT2D eigenvalue weighted by Crippen LogP contribution is 2.27. The Morgan fingerprint density at radius 2 is 2.13 bits per heavy atom. The van der Waals surface area contributed by atoms with Crippen LogP contribution in [0.15, 0.2) is 29.0 Å². The van der Waals surface area contributed by atoms with Crippen LogP contribution in [0, 0.1) is 0 Å². The fourth-order valence-corrected chi connectivity index (χ4v) is 1.52. The molecule has 0 saturated carbocycles. The molecule has 2 rings (SSSR count). The minimum atomic E-state index is -2.56. The molecule has 0 amide bonds. The number of alkyl halides is 2. The molecule has 2 aromatic rings. The summed E-state index contributed by atoms with van der Waals surface area (Å²) in [6.45, 7) is 0. The molecule has 1 aromatic heterocycles. The van der Waals surface area contributed by atoms with E-state index in [4.69, 9.17) is 0 Å². The van der Waals surface area contributed by atoms with Crippen molar-refractivity contribution in [1.29, 1.82) is 0 Å². The molecule has 0 saturated heterocycles. The van der Waals surface area contributed by atoms with Gasteiger partial charge in [0, 0.05) is 10.0 Å². The largest absolute Gasteiger partial charge is 0.265 e.